The number of likely N-dealkylation sites (N-methyl/N-ethyl adjacent to an activating group) is 1. The number of morpholine rings is 1. The first-order chi connectivity index (χ1) is 9.06. The molecule has 0 aromatic carbocycles. The first-order valence-electron chi connectivity index (χ1n) is 6.17. The molecule has 1 aliphatic heterocycles. The molecule has 2 N–H and O–H groups in total. The number of aromatic carboxylic acids is 1. The predicted molar refractivity (Wildman–Crippen MR) is 69.5 cm³/mol. The predicted octanol–water partition coefficient (Wildman–Crippen LogP) is 0.226. The molecule has 1 unspecified atom stereocenters. The van der Waals surface area contributed by atoms with E-state index in [1.54, 1.807) is 6.92 Å². The summed E-state index contributed by atoms with van der Waals surface area (Å²) < 4.78 is 5.61. The second kappa shape index (κ2) is 5.94. The Hall–Kier alpha value is -1.73. The van der Waals surface area contributed by atoms with Gasteiger partial charge in [-0.15, -0.1) is 0 Å². The number of anilines is 1. The Bertz CT molecular complexity index is 466. The minimum absolute atomic E-state index is 0.0989. The third kappa shape index (κ3) is 3.62. The third-order valence-electron chi connectivity index (χ3n) is 3.04. The number of carboxylic acids is 1. The van der Waals surface area contributed by atoms with Crippen molar-refractivity contribution in [1.82, 2.24) is 14.9 Å². The molecule has 7 nitrogen and oxygen atoms in total. The van der Waals surface area contributed by atoms with Crippen LogP contribution in [0.25, 0.3) is 0 Å². The smallest absolute Gasteiger partial charge is 0.339 e. The lowest BCUT2D eigenvalue weighted by molar-refractivity contribution is -0.0118. The summed E-state index contributed by atoms with van der Waals surface area (Å²) in [6, 6.07) is 0. The molecule has 7 heteroatoms. The quantitative estimate of drug-likeness (QED) is 0.806. The fraction of sp³-hybridized carbons (Fsp3) is 0.583. The van der Waals surface area contributed by atoms with Crippen molar-refractivity contribution in [3.63, 3.8) is 0 Å². The second-order valence-corrected chi connectivity index (χ2v) is 4.63. The highest BCUT2D eigenvalue weighted by Gasteiger charge is 2.18. The highest BCUT2D eigenvalue weighted by atomic mass is 16.5. The fourth-order valence-electron chi connectivity index (χ4n) is 1.96. The van der Waals surface area contributed by atoms with Gasteiger partial charge < -0.3 is 20.1 Å². The van der Waals surface area contributed by atoms with Gasteiger partial charge in [-0.3, -0.25) is 0 Å². The molecular weight excluding hydrogens is 248 g/mol. The van der Waals surface area contributed by atoms with E-state index in [-0.39, 0.29) is 11.7 Å². The second-order valence-electron chi connectivity index (χ2n) is 4.63. The Morgan fingerprint density at radius 2 is 2.47 bits per heavy atom. The van der Waals surface area contributed by atoms with E-state index >= 15 is 0 Å². The average molecular weight is 266 g/mol. The highest BCUT2D eigenvalue weighted by molar-refractivity contribution is 5.88. The van der Waals surface area contributed by atoms with Crippen LogP contribution in [-0.4, -0.2) is 65.3 Å². The Labute approximate surface area is 111 Å². The summed E-state index contributed by atoms with van der Waals surface area (Å²) in [7, 11) is 2.05. The number of nitrogens with zero attached hydrogens (tertiary/aromatic N) is 3. The lowest BCUT2D eigenvalue weighted by Crippen LogP contribution is -2.43. The standard InChI is InChI=1S/C12H18N4O3/c1-8-10(11(17)18)6-14-12(15-8)13-5-9-7-16(2)3-4-19-9/h6,9H,3-5,7H2,1-2H3,(H,17,18)(H,13,14,15). The summed E-state index contributed by atoms with van der Waals surface area (Å²) in [4.78, 5) is 21.2. The van der Waals surface area contributed by atoms with Crippen molar-refractivity contribution in [2.45, 2.75) is 13.0 Å². The van der Waals surface area contributed by atoms with Crippen molar-refractivity contribution in [2.24, 2.45) is 0 Å². The summed E-state index contributed by atoms with van der Waals surface area (Å²) >= 11 is 0. The van der Waals surface area contributed by atoms with Gasteiger partial charge >= 0.3 is 5.97 Å². The van der Waals surface area contributed by atoms with E-state index in [2.05, 4.69) is 27.2 Å². The molecule has 1 fully saturated rings. The molecule has 1 aliphatic rings. The lowest BCUT2D eigenvalue weighted by Gasteiger charge is -2.30. The molecule has 2 heterocycles. The number of nitrogens with one attached hydrogen (secondary N) is 1. The average Bonchev–Trinajstić information content (AvgIpc) is 2.36. The van der Waals surface area contributed by atoms with Crippen molar-refractivity contribution >= 4 is 11.9 Å². The van der Waals surface area contributed by atoms with E-state index in [0.29, 0.717) is 18.2 Å². The molecule has 0 radical (unpaired) electrons. The lowest BCUT2D eigenvalue weighted by atomic mass is 10.2. The Balaban J connectivity index is 1.92. The van der Waals surface area contributed by atoms with Crippen molar-refractivity contribution in [3.05, 3.63) is 17.5 Å². The van der Waals surface area contributed by atoms with Crippen LogP contribution in [0.3, 0.4) is 0 Å². The van der Waals surface area contributed by atoms with Crippen LogP contribution in [0.2, 0.25) is 0 Å². The maximum absolute atomic E-state index is 10.8. The van der Waals surface area contributed by atoms with Crippen LogP contribution in [0.1, 0.15) is 16.1 Å². The van der Waals surface area contributed by atoms with Crippen molar-refractivity contribution in [2.75, 3.05) is 38.6 Å². The van der Waals surface area contributed by atoms with E-state index < -0.39 is 5.97 Å². The minimum atomic E-state index is -1.01. The van der Waals surface area contributed by atoms with Crippen LogP contribution in [0.15, 0.2) is 6.20 Å². The molecule has 104 valence electrons. The van der Waals surface area contributed by atoms with Gasteiger partial charge in [0.2, 0.25) is 5.95 Å². The number of aryl methyl sites for hydroxylation is 1. The highest BCUT2D eigenvalue weighted by Crippen LogP contribution is 2.08. The summed E-state index contributed by atoms with van der Waals surface area (Å²) in [6.45, 7) is 4.79. The number of aromatic nitrogens is 2. The molecule has 1 atom stereocenters. The maximum Gasteiger partial charge on any atom is 0.339 e. The van der Waals surface area contributed by atoms with E-state index in [0.717, 1.165) is 19.7 Å². The van der Waals surface area contributed by atoms with Gasteiger partial charge in [0.05, 0.1) is 24.0 Å². The van der Waals surface area contributed by atoms with Crippen LogP contribution in [0.5, 0.6) is 0 Å². The maximum atomic E-state index is 10.8. The molecule has 0 spiro atoms. The zero-order chi connectivity index (χ0) is 13.8. The van der Waals surface area contributed by atoms with Crippen LogP contribution in [0, 0.1) is 6.92 Å². The molecule has 1 aromatic heterocycles. The topological polar surface area (TPSA) is 87.6 Å². The van der Waals surface area contributed by atoms with Crippen LogP contribution < -0.4 is 5.32 Å². The van der Waals surface area contributed by atoms with Gasteiger partial charge in [-0.05, 0) is 14.0 Å². The SMILES string of the molecule is Cc1nc(NCC2CN(C)CCO2)ncc1C(=O)O. The minimum Gasteiger partial charge on any atom is -0.478 e. The third-order valence-corrected chi connectivity index (χ3v) is 3.04. The van der Waals surface area contributed by atoms with Crippen LogP contribution in [-0.2, 0) is 4.74 Å². The number of rotatable bonds is 4. The molecule has 0 aliphatic carbocycles. The number of hydrogen-bond donors (Lipinski definition) is 2. The zero-order valence-corrected chi connectivity index (χ0v) is 11.1. The molecule has 0 amide bonds. The van der Waals surface area contributed by atoms with Gasteiger partial charge in [0.25, 0.3) is 0 Å². The fourth-order valence-corrected chi connectivity index (χ4v) is 1.96. The van der Waals surface area contributed by atoms with E-state index in [9.17, 15) is 4.79 Å². The first kappa shape index (κ1) is 13.7. The van der Waals surface area contributed by atoms with Gasteiger partial charge in [-0.2, -0.15) is 0 Å². The summed E-state index contributed by atoms with van der Waals surface area (Å²) in [5.41, 5.74) is 0.575. The Morgan fingerprint density at radius 3 is 3.11 bits per heavy atom. The Morgan fingerprint density at radius 1 is 1.68 bits per heavy atom. The number of ether oxygens (including phenoxy) is 1. The van der Waals surface area contributed by atoms with E-state index in [1.807, 2.05) is 0 Å². The van der Waals surface area contributed by atoms with Gasteiger partial charge in [0.1, 0.15) is 0 Å². The zero-order valence-electron chi connectivity index (χ0n) is 11.1. The van der Waals surface area contributed by atoms with Crippen molar-refractivity contribution in [3.8, 4) is 0 Å². The molecular formula is C12H18N4O3. The number of hydrogen-bond acceptors (Lipinski definition) is 6. The number of carbonyl (C=O) groups is 1. The first-order valence-corrected chi connectivity index (χ1v) is 6.17. The monoisotopic (exact) mass is 266 g/mol. The Kier molecular flexibility index (Phi) is 4.28. The van der Waals surface area contributed by atoms with E-state index in [1.165, 1.54) is 6.20 Å². The van der Waals surface area contributed by atoms with Gasteiger partial charge in [-0.1, -0.05) is 0 Å². The summed E-state index contributed by atoms with van der Waals surface area (Å²) in [5.74, 6) is -0.583. The molecule has 2 rings (SSSR count). The van der Waals surface area contributed by atoms with Gasteiger partial charge in [-0.25, -0.2) is 14.8 Å². The van der Waals surface area contributed by atoms with Crippen molar-refractivity contribution < 1.29 is 14.6 Å². The molecule has 19 heavy (non-hydrogen) atoms. The molecule has 0 bridgehead atoms. The van der Waals surface area contributed by atoms with Crippen LogP contribution in [0.4, 0.5) is 5.95 Å². The summed E-state index contributed by atoms with van der Waals surface area (Å²) in [6.07, 6.45) is 1.42. The summed E-state index contributed by atoms with van der Waals surface area (Å²) in [5, 5.41) is 12.0. The molecule has 1 saturated heterocycles. The van der Waals surface area contributed by atoms with Crippen LogP contribution >= 0.6 is 0 Å². The molecule has 1 aromatic rings. The van der Waals surface area contributed by atoms with Crippen molar-refractivity contribution in [1.29, 1.82) is 0 Å². The number of carboxylic acid groups (broad SMARTS) is 1. The largest absolute Gasteiger partial charge is 0.478 e. The van der Waals surface area contributed by atoms with Gasteiger partial charge in [0.15, 0.2) is 0 Å². The normalized spacial score (nSPS) is 20.2. The van der Waals surface area contributed by atoms with Gasteiger partial charge in [0, 0.05) is 25.8 Å². The molecule has 0 saturated carbocycles. The van der Waals surface area contributed by atoms with E-state index in [4.69, 9.17) is 9.84 Å².